The van der Waals surface area contributed by atoms with Crippen molar-refractivity contribution in [1.29, 1.82) is 0 Å². The molecule has 0 atom stereocenters. The highest BCUT2D eigenvalue weighted by molar-refractivity contribution is 7.11. The molecule has 0 bridgehead atoms. The fourth-order valence-electron chi connectivity index (χ4n) is 3.43. The Morgan fingerprint density at radius 1 is 1.31 bits per heavy atom. The molecule has 0 aliphatic carbocycles. The van der Waals surface area contributed by atoms with Gasteiger partial charge in [-0.15, -0.1) is 11.3 Å². The van der Waals surface area contributed by atoms with E-state index in [0.29, 0.717) is 50.7 Å². The van der Waals surface area contributed by atoms with Crippen molar-refractivity contribution in [2.45, 2.75) is 52.8 Å². The number of hydrogen-bond donors (Lipinski definition) is 3. The zero-order valence-electron chi connectivity index (χ0n) is 17.3. The second-order valence-corrected chi connectivity index (χ2v) is 8.58. The molecule has 2 aromatic rings. The van der Waals surface area contributed by atoms with Gasteiger partial charge in [-0.1, -0.05) is 6.07 Å². The first-order valence-corrected chi connectivity index (χ1v) is 10.9. The second kappa shape index (κ2) is 10.0. The lowest BCUT2D eigenvalue weighted by atomic mass is 10.1. The molecule has 1 fully saturated rings. The van der Waals surface area contributed by atoms with E-state index < -0.39 is 0 Å². The van der Waals surface area contributed by atoms with E-state index >= 15 is 0 Å². The Morgan fingerprint density at radius 3 is 2.69 bits per heavy atom. The van der Waals surface area contributed by atoms with Crippen molar-refractivity contribution in [1.82, 2.24) is 15.6 Å². The molecule has 1 saturated heterocycles. The Labute approximate surface area is 175 Å². The number of aliphatic hydroxyl groups excluding tert-OH is 1. The van der Waals surface area contributed by atoms with E-state index in [1.165, 1.54) is 4.88 Å². The van der Waals surface area contributed by atoms with Crippen LogP contribution in [0, 0.1) is 19.7 Å². The minimum Gasteiger partial charge on any atom is -0.393 e. The van der Waals surface area contributed by atoms with Gasteiger partial charge in [-0.25, -0.2) is 14.4 Å². The van der Waals surface area contributed by atoms with Crippen LogP contribution in [0.4, 0.5) is 10.1 Å². The number of hydrogen-bond acceptors (Lipinski definition) is 5. The lowest BCUT2D eigenvalue weighted by molar-refractivity contribution is 0.145. The summed E-state index contributed by atoms with van der Waals surface area (Å²) in [6, 6.07) is 5.30. The minimum atomic E-state index is -0.266. The number of rotatable bonds is 6. The van der Waals surface area contributed by atoms with Gasteiger partial charge in [0.15, 0.2) is 5.96 Å². The molecule has 2 heterocycles. The predicted molar refractivity (Wildman–Crippen MR) is 117 cm³/mol. The van der Waals surface area contributed by atoms with Crippen molar-refractivity contribution in [3.05, 3.63) is 45.2 Å². The smallest absolute Gasteiger partial charge is 0.191 e. The monoisotopic (exact) mass is 419 g/mol. The van der Waals surface area contributed by atoms with Gasteiger partial charge in [-0.2, -0.15) is 0 Å². The van der Waals surface area contributed by atoms with Crippen LogP contribution in [0.5, 0.6) is 0 Å². The van der Waals surface area contributed by atoms with E-state index in [2.05, 4.69) is 20.6 Å². The average molecular weight is 420 g/mol. The summed E-state index contributed by atoms with van der Waals surface area (Å²) < 4.78 is 14.6. The Morgan fingerprint density at radius 2 is 2.07 bits per heavy atom. The van der Waals surface area contributed by atoms with Gasteiger partial charge < -0.3 is 20.6 Å². The highest BCUT2D eigenvalue weighted by Crippen LogP contribution is 2.24. The predicted octanol–water partition coefficient (Wildman–Crippen LogP) is 3.12. The first kappa shape index (κ1) is 21.5. The number of aromatic nitrogens is 1. The Hall–Kier alpha value is -2.19. The third-order valence-corrected chi connectivity index (χ3v) is 6.07. The zero-order valence-corrected chi connectivity index (χ0v) is 18.2. The quantitative estimate of drug-likeness (QED) is 0.496. The molecule has 3 rings (SSSR count). The molecule has 1 aromatic carbocycles. The molecular formula is C21H30FN5OS. The molecule has 1 aromatic heterocycles. The van der Waals surface area contributed by atoms with Crippen LogP contribution in [0.25, 0.3) is 0 Å². The lowest BCUT2D eigenvalue weighted by Crippen LogP contribution is -2.36. The van der Waals surface area contributed by atoms with Gasteiger partial charge in [0.25, 0.3) is 0 Å². The molecule has 0 radical (unpaired) electrons. The summed E-state index contributed by atoms with van der Waals surface area (Å²) in [5.41, 5.74) is 2.47. The topological polar surface area (TPSA) is 72.8 Å². The molecule has 29 heavy (non-hydrogen) atoms. The molecule has 0 spiro atoms. The van der Waals surface area contributed by atoms with E-state index in [1.54, 1.807) is 17.4 Å². The van der Waals surface area contributed by atoms with Gasteiger partial charge in [0.1, 0.15) is 5.82 Å². The summed E-state index contributed by atoms with van der Waals surface area (Å²) in [6.07, 6.45) is 1.10. The summed E-state index contributed by atoms with van der Waals surface area (Å²) in [4.78, 5) is 12.2. The third kappa shape index (κ3) is 5.90. The van der Waals surface area contributed by atoms with Crippen LogP contribution in [0.15, 0.2) is 23.2 Å². The van der Waals surface area contributed by atoms with Crippen molar-refractivity contribution in [2.75, 3.05) is 24.5 Å². The Bertz CT molecular complexity index is 846. The molecule has 3 N–H and O–H groups in total. The Balaban J connectivity index is 1.62. The van der Waals surface area contributed by atoms with Crippen molar-refractivity contribution >= 4 is 23.0 Å². The number of nitrogens with zero attached hydrogens (tertiary/aromatic N) is 3. The summed E-state index contributed by atoms with van der Waals surface area (Å²) in [7, 11) is 0. The maximum Gasteiger partial charge on any atom is 0.191 e. The number of benzene rings is 1. The number of piperidine rings is 1. The number of aryl methyl sites for hydroxylation is 2. The molecular weight excluding hydrogens is 389 g/mol. The molecule has 0 saturated carbocycles. The number of aliphatic hydroxyl groups is 1. The van der Waals surface area contributed by atoms with Crippen molar-refractivity contribution in [2.24, 2.45) is 4.99 Å². The summed E-state index contributed by atoms with van der Waals surface area (Å²) in [5.74, 6) is 0.468. The SMILES string of the molecule is CCNC(=NCc1ccc(N2CCC(O)CC2)c(F)c1)NCc1sc(C)nc1C. The first-order valence-electron chi connectivity index (χ1n) is 10.1. The van der Waals surface area contributed by atoms with Crippen LogP contribution in [-0.2, 0) is 13.1 Å². The maximum atomic E-state index is 14.6. The van der Waals surface area contributed by atoms with Gasteiger partial charge in [0.05, 0.1) is 35.6 Å². The fourth-order valence-corrected chi connectivity index (χ4v) is 4.30. The highest BCUT2D eigenvalue weighted by atomic mass is 32.1. The van der Waals surface area contributed by atoms with Crippen LogP contribution in [0.2, 0.25) is 0 Å². The largest absolute Gasteiger partial charge is 0.393 e. The first-order chi connectivity index (χ1) is 14.0. The molecule has 0 amide bonds. The minimum absolute atomic E-state index is 0.234. The number of aliphatic imine (C=N–C) groups is 1. The second-order valence-electron chi connectivity index (χ2n) is 7.29. The van der Waals surface area contributed by atoms with Crippen molar-refractivity contribution in [3.63, 3.8) is 0 Å². The summed E-state index contributed by atoms with van der Waals surface area (Å²) in [5, 5.41) is 17.2. The number of thiazole rings is 1. The highest BCUT2D eigenvalue weighted by Gasteiger charge is 2.19. The van der Waals surface area contributed by atoms with Crippen LogP contribution in [-0.4, -0.2) is 41.8 Å². The van der Waals surface area contributed by atoms with Gasteiger partial charge in [0, 0.05) is 24.5 Å². The van der Waals surface area contributed by atoms with Crippen LogP contribution >= 0.6 is 11.3 Å². The zero-order chi connectivity index (χ0) is 20.8. The van der Waals surface area contributed by atoms with E-state index in [1.807, 2.05) is 37.8 Å². The van der Waals surface area contributed by atoms with Gasteiger partial charge in [-0.3, -0.25) is 0 Å². The van der Waals surface area contributed by atoms with E-state index in [4.69, 9.17) is 0 Å². The summed E-state index contributed by atoms with van der Waals surface area (Å²) in [6.45, 7) is 9.21. The average Bonchev–Trinajstić information content (AvgIpc) is 3.02. The number of halogens is 1. The molecule has 6 nitrogen and oxygen atoms in total. The molecule has 0 unspecified atom stereocenters. The standard InChI is InChI=1S/C21H30FN5OS/c1-4-23-21(25-13-20-14(2)26-15(3)29-20)24-12-16-5-6-19(18(22)11-16)27-9-7-17(28)8-10-27/h5-6,11,17,28H,4,7-10,12-13H2,1-3H3,(H2,23,24,25). The molecule has 158 valence electrons. The van der Waals surface area contributed by atoms with E-state index in [-0.39, 0.29) is 11.9 Å². The van der Waals surface area contributed by atoms with E-state index in [9.17, 15) is 9.50 Å². The maximum absolute atomic E-state index is 14.6. The van der Waals surface area contributed by atoms with E-state index in [0.717, 1.165) is 22.8 Å². The molecule has 1 aliphatic heterocycles. The van der Waals surface area contributed by atoms with Crippen molar-refractivity contribution < 1.29 is 9.50 Å². The number of anilines is 1. The Kier molecular flexibility index (Phi) is 7.44. The molecule has 1 aliphatic rings. The summed E-state index contributed by atoms with van der Waals surface area (Å²) >= 11 is 1.68. The molecule has 8 heteroatoms. The fraction of sp³-hybridized carbons (Fsp3) is 0.524. The van der Waals surface area contributed by atoms with Crippen LogP contribution < -0.4 is 15.5 Å². The lowest BCUT2D eigenvalue weighted by Gasteiger charge is -2.31. The van der Waals surface area contributed by atoms with Crippen molar-refractivity contribution in [3.8, 4) is 0 Å². The normalized spacial score (nSPS) is 15.6. The van der Waals surface area contributed by atoms with Gasteiger partial charge in [0.2, 0.25) is 0 Å². The van der Waals surface area contributed by atoms with Gasteiger partial charge >= 0.3 is 0 Å². The number of guanidine groups is 1. The number of nitrogens with one attached hydrogen (secondary N) is 2. The van der Waals surface area contributed by atoms with Crippen LogP contribution in [0.1, 0.15) is 40.9 Å². The van der Waals surface area contributed by atoms with Crippen LogP contribution in [0.3, 0.4) is 0 Å². The van der Waals surface area contributed by atoms with Gasteiger partial charge in [-0.05, 0) is 51.3 Å². The third-order valence-electron chi connectivity index (χ3n) is 5.00.